The van der Waals surface area contributed by atoms with E-state index in [0.29, 0.717) is 0 Å². The molecule has 0 saturated heterocycles. The molecule has 0 amide bonds. The highest BCUT2D eigenvalue weighted by atomic mass is 127. The van der Waals surface area contributed by atoms with Gasteiger partial charge in [-0.3, -0.25) is 4.98 Å². The summed E-state index contributed by atoms with van der Waals surface area (Å²) in [7, 11) is 1.98. The third-order valence-corrected chi connectivity index (χ3v) is 4.09. The Labute approximate surface area is 126 Å². The van der Waals surface area contributed by atoms with E-state index in [-0.39, 0.29) is 6.04 Å². The minimum atomic E-state index is 0.262. The summed E-state index contributed by atoms with van der Waals surface area (Å²) in [5.41, 5.74) is 2.50. The van der Waals surface area contributed by atoms with Crippen molar-refractivity contribution in [3.05, 3.63) is 62.4 Å². The zero-order valence-electron chi connectivity index (χ0n) is 10.0. The first-order valence-corrected chi connectivity index (χ1v) is 7.17. The fourth-order valence-electron chi connectivity index (χ4n) is 1.90. The molecule has 1 unspecified atom stereocenters. The van der Waals surface area contributed by atoms with Crippen LogP contribution in [-0.2, 0) is 6.42 Å². The number of hydrogen-bond donors (Lipinski definition) is 1. The molecule has 0 aliphatic rings. The molecular weight excluding hydrogens is 359 g/mol. The van der Waals surface area contributed by atoms with Crippen LogP contribution < -0.4 is 5.32 Å². The summed E-state index contributed by atoms with van der Waals surface area (Å²) >= 11 is 8.43. The molecule has 2 aromatic rings. The average Bonchev–Trinajstić information content (AvgIpc) is 2.40. The molecule has 1 aromatic carbocycles. The van der Waals surface area contributed by atoms with Gasteiger partial charge in [-0.25, -0.2) is 0 Å². The van der Waals surface area contributed by atoms with E-state index in [1.807, 2.05) is 43.7 Å². The van der Waals surface area contributed by atoms with Gasteiger partial charge in [-0.05, 0) is 77.5 Å². The van der Waals surface area contributed by atoms with Gasteiger partial charge in [0.05, 0.1) is 0 Å². The molecule has 1 heterocycles. The Morgan fingerprint density at radius 3 is 2.67 bits per heavy atom. The van der Waals surface area contributed by atoms with E-state index in [2.05, 4.69) is 39.0 Å². The number of nitrogens with one attached hydrogen (secondary N) is 1. The first-order valence-electron chi connectivity index (χ1n) is 5.72. The largest absolute Gasteiger partial charge is 0.313 e. The minimum Gasteiger partial charge on any atom is -0.313 e. The molecule has 1 N–H and O–H groups in total. The summed E-state index contributed by atoms with van der Waals surface area (Å²) in [6.07, 6.45) is 4.57. The van der Waals surface area contributed by atoms with Crippen molar-refractivity contribution < 1.29 is 0 Å². The van der Waals surface area contributed by atoms with E-state index in [1.165, 1.54) is 14.7 Å². The lowest BCUT2D eigenvalue weighted by Gasteiger charge is -2.18. The molecular formula is C14H14ClIN2. The Morgan fingerprint density at radius 1 is 1.28 bits per heavy atom. The maximum Gasteiger partial charge on any atom is 0.0410 e. The summed E-state index contributed by atoms with van der Waals surface area (Å²) in [6, 6.07) is 10.4. The van der Waals surface area contributed by atoms with Crippen molar-refractivity contribution in [1.29, 1.82) is 0 Å². The van der Waals surface area contributed by atoms with Gasteiger partial charge in [-0.15, -0.1) is 0 Å². The van der Waals surface area contributed by atoms with Crippen LogP contribution in [0.2, 0.25) is 5.02 Å². The molecule has 0 saturated carbocycles. The molecule has 0 radical (unpaired) electrons. The van der Waals surface area contributed by atoms with Crippen molar-refractivity contribution in [2.45, 2.75) is 12.5 Å². The number of aromatic nitrogens is 1. The summed E-state index contributed by atoms with van der Waals surface area (Å²) in [4.78, 5) is 4.04. The third kappa shape index (κ3) is 3.43. The second-order valence-electron chi connectivity index (χ2n) is 4.07. The molecule has 1 aromatic heterocycles. The molecule has 0 spiro atoms. The van der Waals surface area contributed by atoms with Crippen molar-refractivity contribution >= 4 is 34.2 Å². The van der Waals surface area contributed by atoms with Gasteiger partial charge in [0.25, 0.3) is 0 Å². The van der Waals surface area contributed by atoms with Crippen LogP contribution in [0.3, 0.4) is 0 Å². The third-order valence-electron chi connectivity index (χ3n) is 2.87. The SMILES string of the molecule is CNC(Cc1ccncc1)c1cc(Cl)ccc1I. The number of hydrogen-bond acceptors (Lipinski definition) is 2. The number of pyridine rings is 1. The lowest BCUT2D eigenvalue weighted by Crippen LogP contribution is -2.19. The predicted octanol–water partition coefficient (Wildman–Crippen LogP) is 3.84. The number of halogens is 2. The Hall–Kier alpha value is -0.650. The highest BCUT2D eigenvalue weighted by Gasteiger charge is 2.13. The van der Waals surface area contributed by atoms with E-state index in [1.54, 1.807) is 0 Å². The van der Waals surface area contributed by atoms with E-state index < -0.39 is 0 Å². The second-order valence-corrected chi connectivity index (χ2v) is 5.67. The van der Waals surface area contributed by atoms with Crippen molar-refractivity contribution in [1.82, 2.24) is 10.3 Å². The lowest BCUT2D eigenvalue weighted by molar-refractivity contribution is 0.589. The fourth-order valence-corrected chi connectivity index (χ4v) is 2.80. The van der Waals surface area contributed by atoms with Crippen LogP contribution in [0.4, 0.5) is 0 Å². The van der Waals surface area contributed by atoms with Gasteiger partial charge < -0.3 is 5.32 Å². The molecule has 0 aliphatic carbocycles. The van der Waals surface area contributed by atoms with Gasteiger partial charge in [0.15, 0.2) is 0 Å². The van der Waals surface area contributed by atoms with Crippen LogP contribution in [0.15, 0.2) is 42.7 Å². The Bertz CT molecular complexity index is 516. The number of likely N-dealkylation sites (N-methyl/N-ethyl adjacent to an activating group) is 1. The molecule has 18 heavy (non-hydrogen) atoms. The first-order chi connectivity index (χ1) is 8.70. The van der Waals surface area contributed by atoms with Crippen LogP contribution in [0, 0.1) is 3.57 Å². The highest BCUT2D eigenvalue weighted by Crippen LogP contribution is 2.26. The van der Waals surface area contributed by atoms with E-state index in [4.69, 9.17) is 11.6 Å². The number of benzene rings is 1. The molecule has 0 fully saturated rings. The topological polar surface area (TPSA) is 24.9 Å². The first kappa shape index (κ1) is 13.8. The van der Waals surface area contributed by atoms with Crippen LogP contribution in [0.25, 0.3) is 0 Å². The standard InChI is InChI=1S/C14H14ClIN2/c1-17-14(8-10-4-6-18-7-5-10)12-9-11(15)2-3-13(12)16/h2-7,9,14,17H,8H2,1H3. The van der Waals surface area contributed by atoms with Gasteiger partial charge >= 0.3 is 0 Å². The van der Waals surface area contributed by atoms with Gasteiger partial charge in [0.2, 0.25) is 0 Å². The Morgan fingerprint density at radius 2 is 2.00 bits per heavy atom. The van der Waals surface area contributed by atoms with Gasteiger partial charge in [-0.1, -0.05) is 11.6 Å². The van der Waals surface area contributed by atoms with E-state index in [9.17, 15) is 0 Å². The minimum absolute atomic E-state index is 0.262. The van der Waals surface area contributed by atoms with Crippen LogP contribution in [-0.4, -0.2) is 12.0 Å². The van der Waals surface area contributed by atoms with Crippen molar-refractivity contribution in [2.75, 3.05) is 7.05 Å². The molecule has 2 rings (SSSR count). The van der Waals surface area contributed by atoms with Gasteiger partial charge in [0.1, 0.15) is 0 Å². The molecule has 1 atom stereocenters. The smallest absolute Gasteiger partial charge is 0.0410 e. The Kier molecular flexibility index (Phi) is 4.97. The monoisotopic (exact) mass is 372 g/mol. The highest BCUT2D eigenvalue weighted by molar-refractivity contribution is 14.1. The normalized spacial score (nSPS) is 12.4. The Balaban J connectivity index is 2.26. The molecule has 2 nitrogen and oxygen atoms in total. The zero-order chi connectivity index (χ0) is 13.0. The molecule has 0 bridgehead atoms. The predicted molar refractivity (Wildman–Crippen MR) is 83.9 cm³/mol. The maximum absolute atomic E-state index is 6.08. The number of rotatable bonds is 4. The van der Waals surface area contributed by atoms with Crippen molar-refractivity contribution in [2.24, 2.45) is 0 Å². The zero-order valence-corrected chi connectivity index (χ0v) is 12.9. The summed E-state index contributed by atoms with van der Waals surface area (Å²) in [5.74, 6) is 0. The molecule has 94 valence electrons. The van der Waals surface area contributed by atoms with Crippen molar-refractivity contribution in [3.8, 4) is 0 Å². The fraction of sp³-hybridized carbons (Fsp3) is 0.214. The molecule has 4 heteroatoms. The van der Waals surface area contributed by atoms with Gasteiger partial charge in [-0.2, -0.15) is 0 Å². The maximum atomic E-state index is 6.08. The van der Waals surface area contributed by atoms with Crippen LogP contribution >= 0.6 is 34.2 Å². The lowest BCUT2D eigenvalue weighted by atomic mass is 10.00. The quantitative estimate of drug-likeness (QED) is 0.825. The second kappa shape index (κ2) is 6.50. The molecule has 0 aliphatic heterocycles. The van der Waals surface area contributed by atoms with Gasteiger partial charge in [0, 0.05) is 27.0 Å². The van der Waals surface area contributed by atoms with Crippen molar-refractivity contribution in [3.63, 3.8) is 0 Å². The average molecular weight is 373 g/mol. The summed E-state index contributed by atoms with van der Waals surface area (Å²) < 4.78 is 1.23. The number of nitrogens with zero attached hydrogens (tertiary/aromatic N) is 1. The van der Waals surface area contributed by atoms with Crippen LogP contribution in [0.5, 0.6) is 0 Å². The van der Waals surface area contributed by atoms with E-state index in [0.717, 1.165) is 11.4 Å². The summed E-state index contributed by atoms with van der Waals surface area (Å²) in [6.45, 7) is 0. The van der Waals surface area contributed by atoms with Crippen LogP contribution in [0.1, 0.15) is 17.2 Å². The summed E-state index contributed by atoms with van der Waals surface area (Å²) in [5, 5.41) is 4.13. The van der Waals surface area contributed by atoms with E-state index >= 15 is 0 Å².